The first kappa shape index (κ1) is 20.8. The molecule has 3 rings (SSSR count). The molecule has 1 aliphatic rings. The van der Waals surface area contributed by atoms with E-state index in [1.54, 1.807) is 35.6 Å². The predicted octanol–water partition coefficient (Wildman–Crippen LogP) is 2.88. The average molecular weight is 422 g/mol. The summed E-state index contributed by atoms with van der Waals surface area (Å²) in [5, 5.41) is 5.13. The Kier molecular flexibility index (Phi) is 6.12. The highest BCUT2D eigenvalue weighted by molar-refractivity contribution is 7.92. The molecule has 6 nitrogen and oxygen atoms in total. The molecule has 0 bridgehead atoms. The Balaban J connectivity index is 1.56. The zero-order valence-electron chi connectivity index (χ0n) is 16.7. The van der Waals surface area contributed by atoms with Crippen molar-refractivity contribution >= 4 is 33.0 Å². The van der Waals surface area contributed by atoms with Crippen LogP contribution in [0.1, 0.15) is 40.7 Å². The van der Waals surface area contributed by atoms with Crippen molar-refractivity contribution in [2.24, 2.45) is 0 Å². The standard InChI is InChI=1S/C20H27N3O3S2/c1-14-13-17-9-12-27-19(17)15(2)23(14)11-10-21-20(24)16-5-7-18(8-6-16)22(3)28(4,25)26/h5-9,12,14-15H,10-11,13H2,1-4H3,(H,21,24). The summed E-state index contributed by atoms with van der Waals surface area (Å²) in [6.07, 6.45) is 2.20. The third kappa shape index (κ3) is 4.39. The number of carbonyl (C=O) groups is 1. The molecule has 0 saturated carbocycles. The molecular weight excluding hydrogens is 394 g/mol. The Morgan fingerprint density at radius 1 is 1.25 bits per heavy atom. The van der Waals surface area contributed by atoms with Crippen LogP contribution in [0.25, 0.3) is 0 Å². The highest BCUT2D eigenvalue weighted by atomic mass is 32.2. The number of benzene rings is 1. The Bertz CT molecular complexity index is 938. The number of thiophene rings is 1. The third-order valence-electron chi connectivity index (χ3n) is 5.39. The fraction of sp³-hybridized carbons (Fsp3) is 0.450. The summed E-state index contributed by atoms with van der Waals surface area (Å²) in [5.41, 5.74) is 2.50. The summed E-state index contributed by atoms with van der Waals surface area (Å²) in [5.74, 6) is -0.150. The number of fused-ring (bicyclic) bond motifs is 1. The van der Waals surface area contributed by atoms with Crippen molar-refractivity contribution in [3.63, 3.8) is 0 Å². The first-order valence-electron chi connectivity index (χ1n) is 9.32. The molecule has 2 aromatic rings. The quantitative estimate of drug-likeness (QED) is 0.779. The maximum Gasteiger partial charge on any atom is 0.251 e. The highest BCUT2D eigenvalue weighted by Gasteiger charge is 2.29. The first-order valence-corrected chi connectivity index (χ1v) is 12.1. The molecular formula is C20H27N3O3S2. The van der Waals surface area contributed by atoms with Gasteiger partial charge in [0.05, 0.1) is 11.9 Å². The zero-order valence-corrected chi connectivity index (χ0v) is 18.3. The summed E-state index contributed by atoms with van der Waals surface area (Å²) in [6.45, 7) is 5.82. The van der Waals surface area contributed by atoms with Gasteiger partial charge in [-0.15, -0.1) is 11.3 Å². The number of hydrogen-bond acceptors (Lipinski definition) is 5. The van der Waals surface area contributed by atoms with Crippen LogP contribution in [0.4, 0.5) is 5.69 Å². The monoisotopic (exact) mass is 421 g/mol. The maximum atomic E-state index is 12.4. The van der Waals surface area contributed by atoms with Gasteiger partial charge in [0.25, 0.3) is 5.91 Å². The number of hydrogen-bond donors (Lipinski definition) is 1. The summed E-state index contributed by atoms with van der Waals surface area (Å²) in [4.78, 5) is 16.3. The van der Waals surface area contributed by atoms with Gasteiger partial charge in [-0.2, -0.15) is 0 Å². The Hall–Kier alpha value is -1.90. The van der Waals surface area contributed by atoms with Crippen LogP contribution < -0.4 is 9.62 Å². The van der Waals surface area contributed by atoms with Crippen LogP contribution in [-0.2, 0) is 16.4 Å². The van der Waals surface area contributed by atoms with Crippen molar-refractivity contribution in [2.45, 2.75) is 32.4 Å². The van der Waals surface area contributed by atoms with E-state index in [0.717, 1.165) is 19.2 Å². The maximum absolute atomic E-state index is 12.4. The molecule has 0 radical (unpaired) electrons. The molecule has 1 aromatic heterocycles. The van der Waals surface area contributed by atoms with Gasteiger partial charge in [-0.05, 0) is 61.5 Å². The second-order valence-electron chi connectivity index (χ2n) is 7.31. The van der Waals surface area contributed by atoms with Gasteiger partial charge in [0, 0.05) is 42.7 Å². The van der Waals surface area contributed by atoms with E-state index >= 15 is 0 Å². The molecule has 0 fully saturated rings. The second kappa shape index (κ2) is 8.23. The zero-order chi connectivity index (χ0) is 20.5. The first-order chi connectivity index (χ1) is 13.2. The van der Waals surface area contributed by atoms with Gasteiger partial charge in [0.1, 0.15) is 0 Å². The van der Waals surface area contributed by atoms with Crippen LogP contribution in [0.15, 0.2) is 35.7 Å². The van der Waals surface area contributed by atoms with Crippen molar-refractivity contribution < 1.29 is 13.2 Å². The van der Waals surface area contributed by atoms with Crippen LogP contribution in [-0.4, -0.2) is 51.7 Å². The fourth-order valence-electron chi connectivity index (χ4n) is 3.68. The number of sulfonamides is 1. The number of nitrogens with one attached hydrogen (secondary N) is 1. The molecule has 1 N–H and O–H groups in total. The van der Waals surface area contributed by atoms with Crippen LogP contribution in [0.2, 0.25) is 0 Å². The molecule has 0 aliphatic carbocycles. The largest absolute Gasteiger partial charge is 0.351 e. The third-order valence-corrected chi connectivity index (χ3v) is 7.72. The number of nitrogens with zero attached hydrogens (tertiary/aromatic N) is 2. The molecule has 2 atom stereocenters. The van der Waals surface area contributed by atoms with Gasteiger partial charge in [0.2, 0.25) is 10.0 Å². The van der Waals surface area contributed by atoms with Gasteiger partial charge in [0.15, 0.2) is 0 Å². The molecule has 28 heavy (non-hydrogen) atoms. The molecule has 0 saturated heterocycles. The second-order valence-corrected chi connectivity index (χ2v) is 10.3. The number of rotatable bonds is 6. The minimum Gasteiger partial charge on any atom is -0.351 e. The van der Waals surface area contributed by atoms with Crippen molar-refractivity contribution in [3.05, 3.63) is 51.7 Å². The fourth-order valence-corrected chi connectivity index (χ4v) is 5.20. The Morgan fingerprint density at radius 3 is 2.57 bits per heavy atom. The molecule has 2 unspecified atom stereocenters. The number of amides is 1. The summed E-state index contributed by atoms with van der Waals surface area (Å²) >= 11 is 1.81. The predicted molar refractivity (Wildman–Crippen MR) is 115 cm³/mol. The topological polar surface area (TPSA) is 69.7 Å². The molecule has 0 spiro atoms. The SMILES string of the molecule is CC1Cc2ccsc2C(C)N1CCNC(=O)c1ccc(N(C)S(C)(=O)=O)cc1. The van der Waals surface area contributed by atoms with Crippen molar-refractivity contribution in [1.29, 1.82) is 0 Å². The Morgan fingerprint density at radius 2 is 1.93 bits per heavy atom. The van der Waals surface area contributed by atoms with Crippen molar-refractivity contribution in [2.75, 3.05) is 30.7 Å². The van der Waals surface area contributed by atoms with Gasteiger partial charge in [-0.1, -0.05) is 0 Å². The van der Waals surface area contributed by atoms with E-state index in [4.69, 9.17) is 0 Å². The number of carbonyl (C=O) groups excluding carboxylic acids is 1. The lowest BCUT2D eigenvalue weighted by molar-refractivity contribution is 0.0930. The lowest BCUT2D eigenvalue weighted by Crippen LogP contribution is -2.44. The summed E-state index contributed by atoms with van der Waals surface area (Å²) in [6, 6.07) is 9.61. The van der Waals surface area contributed by atoms with E-state index in [1.807, 2.05) is 0 Å². The minimum atomic E-state index is -3.32. The molecule has 152 valence electrons. The molecule has 1 amide bonds. The van der Waals surface area contributed by atoms with E-state index in [1.165, 1.54) is 21.8 Å². The minimum absolute atomic E-state index is 0.150. The smallest absolute Gasteiger partial charge is 0.251 e. The van der Waals surface area contributed by atoms with Gasteiger partial charge in [-0.25, -0.2) is 8.42 Å². The summed E-state index contributed by atoms with van der Waals surface area (Å²) in [7, 11) is -1.82. The Labute approximate surface area is 171 Å². The van der Waals surface area contributed by atoms with Crippen LogP contribution in [0.5, 0.6) is 0 Å². The number of anilines is 1. The van der Waals surface area contributed by atoms with Gasteiger partial charge < -0.3 is 5.32 Å². The van der Waals surface area contributed by atoms with E-state index in [-0.39, 0.29) is 5.91 Å². The van der Waals surface area contributed by atoms with Gasteiger partial charge >= 0.3 is 0 Å². The molecule has 8 heteroatoms. The van der Waals surface area contributed by atoms with Crippen LogP contribution in [0.3, 0.4) is 0 Å². The van der Waals surface area contributed by atoms with E-state index in [9.17, 15) is 13.2 Å². The van der Waals surface area contributed by atoms with Crippen LogP contribution in [0, 0.1) is 0 Å². The van der Waals surface area contributed by atoms with E-state index < -0.39 is 10.0 Å². The molecule has 1 aliphatic heterocycles. The lowest BCUT2D eigenvalue weighted by Gasteiger charge is -2.38. The van der Waals surface area contributed by atoms with Crippen molar-refractivity contribution in [3.8, 4) is 0 Å². The molecule has 1 aromatic carbocycles. The molecule has 2 heterocycles. The lowest BCUT2D eigenvalue weighted by atomic mass is 9.97. The van der Waals surface area contributed by atoms with Gasteiger partial charge in [-0.3, -0.25) is 14.0 Å². The van der Waals surface area contributed by atoms with E-state index in [2.05, 4.69) is 35.5 Å². The van der Waals surface area contributed by atoms with Crippen LogP contribution >= 0.6 is 11.3 Å². The summed E-state index contributed by atoms with van der Waals surface area (Å²) < 4.78 is 24.4. The van der Waals surface area contributed by atoms with E-state index in [0.29, 0.717) is 29.9 Å². The normalized spacial score (nSPS) is 19.9. The highest BCUT2D eigenvalue weighted by Crippen LogP contribution is 2.35. The van der Waals surface area contributed by atoms with Crippen molar-refractivity contribution in [1.82, 2.24) is 10.2 Å². The average Bonchev–Trinajstić information content (AvgIpc) is 3.11.